The highest BCUT2D eigenvalue weighted by Crippen LogP contribution is 2.18. The lowest BCUT2D eigenvalue weighted by atomic mass is 10.1. The van der Waals surface area contributed by atoms with Crippen molar-refractivity contribution in [2.24, 2.45) is 0 Å². The summed E-state index contributed by atoms with van der Waals surface area (Å²) in [4.78, 5) is 10.9. The van der Waals surface area contributed by atoms with Gasteiger partial charge in [0.2, 0.25) is 0 Å². The summed E-state index contributed by atoms with van der Waals surface area (Å²) < 4.78 is 17.8. The first-order valence-electron chi connectivity index (χ1n) is 4.83. The monoisotopic (exact) mass is 227 g/mol. The number of aromatic carboxylic acids is 1. The van der Waals surface area contributed by atoms with Crippen LogP contribution in [0.3, 0.4) is 0 Å². The number of carboxylic acid groups (broad SMARTS) is 1. The normalized spacial score (nSPS) is 12.2. The first kappa shape index (κ1) is 12.4. The van der Waals surface area contributed by atoms with E-state index in [1.165, 1.54) is 12.1 Å². The van der Waals surface area contributed by atoms with Crippen LogP contribution in [0, 0.1) is 5.82 Å². The van der Waals surface area contributed by atoms with Gasteiger partial charge in [-0.3, -0.25) is 0 Å². The van der Waals surface area contributed by atoms with Crippen molar-refractivity contribution in [1.29, 1.82) is 0 Å². The summed E-state index contributed by atoms with van der Waals surface area (Å²) in [6.07, 6.45) is 0. The molecule has 0 amide bonds. The summed E-state index contributed by atoms with van der Waals surface area (Å²) in [5.41, 5.74) is 0.307. The Kier molecular flexibility index (Phi) is 4.25. The predicted octanol–water partition coefficient (Wildman–Crippen LogP) is 1.97. The lowest BCUT2D eigenvalue weighted by molar-refractivity contribution is 0.0697. The summed E-state index contributed by atoms with van der Waals surface area (Å²) in [7, 11) is 1.56. The largest absolute Gasteiger partial charge is 0.478 e. The molecule has 1 aromatic rings. The van der Waals surface area contributed by atoms with Gasteiger partial charge in [0.1, 0.15) is 5.82 Å². The number of ether oxygens (including phenoxy) is 1. The highest BCUT2D eigenvalue weighted by atomic mass is 19.1. The van der Waals surface area contributed by atoms with Crippen LogP contribution < -0.4 is 5.32 Å². The molecular formula is C11H14FNO3. The van der Waals surface area contributed by atoms with Crippen molar-refractivity contribution in [3.8, 4) is 0 Å². The minimum atomic E-state index is -1.16. The fraction of sp³-hybridized carbons (Fsp3) is 0.364. The number of halogens is 1. The van der Waals surface area contributed by atoms with E-state index in [9.17, 15) is 9.18 Å². The van der Waals surface area contributed by atoms with Gasteiger partial charge in [0.15, 0.2) is 0 Å². The highest BCUT2D eigenvalue weighted by molar-refractivity contribution is 5.94. The second-order valence-electron chi connectivity index (χ2n) is 3.50. The van der Waals surface area contributed by atoms with Crippen molar-refractivity contribution in [1.82, 2.24) is 0 Å². The smallest absolute Gasteiger partial charge is 0.337 e. The van der Waals surface area contributed by atoms with Crippen LogP contribution in [0.4, 0.5) is 10.1 Å². The molecule has 1 atom stereocenters. The Balaban J connectivity index is 2.90. The Hall–Kier alpha value is -1.62. The van der Waals surface area contributed by atoms with Crippen LogP contribution in [0.15, 0.2) is 18.2 Å². The van der Waals surface area contributed by atoms with Crippen molar-refractivity contribution >= 4 is 11.7 Å². The van der Waals surface area contributed by atoms with Crippen molar-refractivity contribution in [2.45, 2.75) is 13.0 Å². The zero-order valence-electron chi connectivity index (χ0n) is 9.16. The molecule has 16 heavy (non-hydrogen) atoms. The number of nitrogens with one attached hydrogen (secondary N) is 1. The van der Waals surface area contributed by atoms with E-state index in [1.807, 2.05) is 6.92 Å². The standard InChI is InChI=1S/C11H14FNO3/c1-7(6-16-2)13-10-4-3-8(12)5-9(10)11(14)15/h3-5,7,13H,6H2,1-2H3,(H,14,15). The predicted molar refractivity (Wildman–Crippen MR) is 58.3 cm³/mol. The molecule has 5 heteroatoms. The van der Waals surface area contributed by atoms with Gasteiger partial charge in [-0.15, -0.1) is 0 Å². The molecule has 0 aliphatic carbocycles. The Morgan fingerprint density at radius 3 is 2.88 bits per heavy atom. The maximum absolute atomic E-state index is 12.9. The number of rotatable bonds is 5. The van der Waals surface area contributed by atoms with E-state index in [1.54, 1.807) is 7.11 Å². The molecule has 0 saturated heterocycles. The van der Waals surface area contributed by atoms with Gasteiger partial charge >= 0.3 is 5.97 Å². The molecule has 0 spiro atoms. The van der Waals surface area contributed by atoms with Crippen LogP contribution in [0.1, 0.15) is 17.3 Å². The van der Waals surface area contributed by atoms with Crippen molar-refractivity contribution in [2.75, 3.05) is 19.0 Å². The molecule has 4 nitrogen and oxygen atoms in total. The first-order valence-corrected chi connectivity index (χ1v) is 4.83. The SMILES string of the molecule is COCC(C)Nc1ccc(F)cc1C(=O)O. The molecule has 2 N–H and O–H groups in total. The molecule has 0 saturated carbocycles. The summed E-state index contributed by atoms with van der Waals surface area (Å²) in [5, 5.41) is 11.8. The molecular weight excluding hydrogens is 213 g/mol. The molecule has 0 aliphatic rings. The van der Waals surface area contributed by atoms with Crippen LogP contribution in [-0.4, -0.2) is 30.8 Å². The molecule has 0 radical (unpaired) electrons. The molecule has 1 unspecified atom stereocenters. The van der Waals surface area contributed by atoms with Crippen molar-refractivity contribution in [3.63, 3.8) is 0 Å². The summed E-state index contributed by atoms with van der Waals surface area (Å²) >= 11 is 0. The number of methoxy groups -OCH3 is 1. The fourth-order valence-electron chi connectivity index (χ4n) is 1.38. The van der Waals surface area contributed by atoms with Gasteiger partial charge in [0.05, 0.1) is 12.2 Å². The molecule has 0 heterocycles. The Morgan fingerprint density at radius 1 is 1.62 bits per heavy atom. The average molecular weight is 227 g/mol. The van der Waals surface area contributed by atoms with Crippen molar-refractivity contribution in [3.05, 3.63) is 29.6 Å². The summed E-state index contributed by atoms with van der Waals surface area (Å²) in [5.74, 6) is -1.73. The minimum Gasteiger partial charge on any atom is -0.478 e. The van der Waals surface area contributed by atoms with Crippen LogP contribution in [0.5, 0.6) is 0 Å². The van der Waals surface area contributed by atoms with Gasteiger partial charge in [-0.1, -0.05) is 0 Å². The van der Waals surface area contributed by atoms with Gasteiger partial charge < -0.3 is 15.2 Å². The molecule has 1 aromatic carbocycles. The molecule has 0 aromatic heterocycles. The van der Waals surface area contributed by atoms with E-state index in [2.05, 4.69) is 5.32 Å². The second-order valence-corrected chi connectivity index (χ2v) is 3.50. The maximum atomic E-state index is 12.9. The van der Waals surface area contributed by atoms with Crippen LogP contribution in [-0.2, 0) is 4.74 Å². The number of hydrogen-bond acceptors (Lipinski definition) is 3. The minimum absolute atomic E-state index is 0.0476. The van der Waals surface area contributed by atoms with Gasteiger partial charge in [-0.05, 0) is 25.1 Å². The number of anilines is 1. The number of hydrogen-bond donors (Lipinski definition) is 2. The Labute approximate surface area is 93.0 Å². The third-order valence-corrected chi connectivity index (χ3v) is 2.03. The number of carboxylic acids is 1. The third kappa shape index (κ3) is 3.20. The van der Waals surface area contributed by atoms with Crippen LogP contribution >= 0.6 is 0 Å². The van der Waals surface area contributed by atoms with Gasteiger partial charge in [0, 0.05) is 18.8 Å². The maximum Gasteiger partial charge on any atom is 0.337 e. The number of carbonyl (C=O) groups is 1. The number of benzene rings is 1. The van der Waals surface area contributed by atoms with E-state index in [0.717, 1.165) is 6.07 Å². The lowest BCUT2D eigenvalue weighted by Crippen LogP contribution is -2.22. The third-order valence-electron chi connectivity index (χ3n) is 2.03. The van der Waals surface area contributed by atoms with Crippen LogP contribution in [0.2, 0.25) is 0 Å². The fourth-order valence-corrected chi connectivity index (χ4v) is 1.38. The quantitative estimate of drug-likeness (QED) is 0.807. The van der Waals surface area contributed by atoms with E-state index in [0.29, 0.717) is 12.3 Å². The van der Waals surface area contributed by atoms with E-state index in [4.69, 9.17) is 9.84 Å². The molecule has 1 rings (SSSR count). The Morgan fingerprint density at radius 2 is 2.31 bits per heavy atom. The van der Waals surface area contributed by atoms with Gasteiger partial charge in [0.25, 0.3) is 0 Å². The topological polar surface area (TPSA) is 58.6 Å². The van der Waals surface area contributed by atoms with E-state index >= 15 is 0 Å². The second kappa shape index (κ2) is 5.46. The van der Waals surface area contributed by atoms with Gasteiger partial charge in [-0.25, -0.2) is 9.18 Å². The zero-order valence-corrected chi connectivity index (χ0v) is 9.16. The zero-order chi connectivity index (χ0) is 12.1. The molecule has 0 aliphatic heterocycles. The Bertz CT molecular complexity index is 381. The van der Waals surface area contributed by atoms with E-state index in [-0.39, 0.29) is 11.6 Å². The molecule has 0 fully saturated rings. The average Bonchev–Trinajstić information content (AvgIpc) is 2.20. The lowest BCUT2D eigenvalue weighted by Gasteiger charge is -2.15. The summed E-state index contributed by atoms with van der Waals surface area (Å²) in [6, 6.07) is 3.57. The van der Waals surface area contributed by atoms with Crippen LogP contribution in [0.25, 0.3) is 0 Å². The van der Waals surface area contributed by atoms with Crippen molar-refractivity contribution < 1.29 is 19.0 Å². The molecule has 88 valence electrons. The van der Waals surface area contributed by atoms with Gasteiger partial charge in [-0.2, -0.15) is 0 Å². The summed E-state index contributed by atoms with van der Waals surface area (Å²) in [6.45, 7) is 2.29. The first-order chi connectivity index (χ1) is 7.54. The van der Waals surface area contributed by atoms with E-state index < -0.39 is 11.8 Å². The highest BCUT2D eigenvalue weighted by Gasteiger charge is 2.12. The molecule has 0 bridgehead atoms.